The van der Waals surface area contributed by atoms with Crippen LogP contribution in [0.25, 0.3) is 11.0 Å². The number of imidazole rings is 1. The molecular weight excluding hydrogens is 571 g/mol. The number of para-hydroxylation sites is 1. The Labute approximate surface area is 246 Å². The van der Waals surface area contributed by atoms with Crippen LogP contribution < -0.4 is 0 Å². The van der Waals surface area contributed by atoms with Crippen molar-refractivity contribution >= 4 is 34.5 Å². The lowest BCUT2D eigenvalue weighted by Crippen LogP contribution is -2.43. The highest BCUT2D eigenvalue weighted by molar-refractivity contribution is 6.34. The van der Waals surface area contributed by atoms with E-state index >= 15 is 0 Å². The molecule has 2 heterocycles. The van der Waals surface area contributed by atoms with Crippen LogP contribution in [0.2, 0.25) is 5.02 Å². The number of rotatable bonds is 7. The minimum Gasteiger partial charge on any atom is -0.481 e. The number of fused-ring (bicyclic) bond motifs is 2. The van der Waals surface area contributed by atoms with Crippen LogP contribution >= 0.6 is 11.6 Å². The van der Waals surface area contributed by atoms with Crippen LogP contribution in [0.1, 0.15) is 81.4 Å². The van der Waals surface area contributed by atoms with Gasteiger partial charge in [0.15, 0.2) is 5.69 Å². The number of alkyl halides is 3. The number of amides is 1. The third kappa shape index (κ3) is 4.77. The molecule has 1 amide bonds. The first-order chi connectivity index (χ1) is 19.7. The zero-order valence-corrected chi connectivity index (χ0v) is 24.6. The van der Waals surface area contributed by atoms with E-state index in [1.807, 2.05) is 10.6 Å². The van der Waals surface area contributed by atoms with Crippen molar-refractivity contribution in [2.24, 2.45) is 22.7 Å². The maximum absolute atomic E-state index is 14.6. The fraction of sp³-hybridized carbons (Fsp3) is 0.600. The maximum Gasteiger partial charge on any atom is 0.433 e. The van der Waals surface area contributed by atoms with E-state index in [1.54, 1.807) is 30.3 Å². The summed E-state index contributed by atoms with van der Waals surface area (Å²) in [6.07, 6.45) is 0.327. The molecule has 3 aliphatic carbocycles. The summed E-state index contributed by atoms with van der Waals surface area (Å²) in [7, 11) is 0. The number of benzene rings is 1. The van der Waals surface area contributed by atoms with E-state index in [2.05, 4.69) is 23.9 Å². The van der Waals surface area contributed by atoms with Crippen molar-refractivity contribution in [2.45, 2.75) is 84.1 Å². The van der Waals surface area contributed by atoms with Crippen LogP contribution in [-0.4, -0.2) is 53.8 Å². The lowest BCUT2D eigenvalue weighted by atomic mass is 9.74. The summed E-state index contributed by atoms with van der Waals surface area (Å²) in [4.78, 5) is 31.8. The summed E-state index contributed by atoms with van der Waals surface area (Å²) < 4.78 is 46.6. The molecule has 1 unspecified atom stereocenters. The lowest BCUT2D eigenvalue weighted by molar-refractivity contribution is -0.152. The Morgan fingerprint density at radius 1 is 1.14 bits per heavy atom. The molecular formula is C30H35ClF3N5O3. The standard InChI is InChI=1S/C30H35ClF3N5O3/c1-28(2)20-13-18(14-21(20)28)38(12-11-37-16-35-23-6-4-5-22(31)24(23)37)26(40)19-15-36-39(25(19)30(32,33)34)17-7-9-29(3,10-8-17)27(41)42/h4-6,15-18,20-21H,7-14H2,1-3H3,(H,41,42)/t17?,18?,20-,21+,29?. The summed E-state index contributed by atoms with van der Waals surface area (Å²) in [5.41, 5.74) is -0.877. The number of carboxylic acid groups (broad SMARTS) is 1. The fourth-order valence-electron chi connectivity index (χ4n) is 7.58. The number of hydrogen-bond donors (Lipinski definition) is 1. The molecule has 3 aliphatic rings. The zero-order valence-electron chi connectivity index (χ0n) is 23.9. The Kier molecular flexibility index (Phi) is 6.90. The predicted molar refractivity (Wildman–Crippen MR) is 150 cm³/mol. The molecule has 1 N–H and O–H groups in total. The van der Waals surface area contributed by atoms with Gasteiger partial charge in [0, 0.05) is 19.1 Å². The summed E-state index contributed by atoms with van der Waals surface area (Å²) in [5.74, 6) is -0.748. The van der Waals surface area contributed by atoms with Crippen LogP contribution in [0.5, 0.6) is 0 Å². The fourth-order valence-corrected chi connectivity index (χ4v) is 7.86. The van der Waals surface area contributed by atoms with Gasteiger partial charge >= 0.3 is 12.1 Å². The molecule has 3 aromatic rings. The van der Waals surface area contributed by atoms with Gasteiger partial charge in [0.2, 0.25) is 0 Å². The Bertz CT molecular complexity index is 1520. The van der Waals surface area contributed by atoms with Crippen molar-refractivity contribution in [3.63, 3.8) is 0 Å². The molecule has 2 aromatic heterocycles. The molecule has 1 aromatic carbocycles. The van der Waals surface area contributed by atoms with Crippen molar-refractivity contribution in [3.05, 3.63) is 47.0 Å². The number of halogens is 4. The van der Waals surface area contributed by atoms with Crippen LogP contribution in [0.15, 0.2) is 30.7 Å². The first-order valence-corrected chi connectivity index (χ1v) is 14.9. The number of hydrogen-bond acceptors (Lipinski definition) is 4. The molecule has 42 heavy (non-hydrogen) atoms. The smallest absolute Gasteiger partial charge is 0.433 e. The van der Waals surface area contributed by atoms with Crippen LogP contribution in [0.3, 0.4) is 0 Å². The van der Waals surface area contributed by atoms with E-state index in [9.17, 15) is 27.9 Å². The van der Waals surface area contributed by atoms with Crippen LogP contribution in [0.4, 0.5) is 13.2 Å². The third-order valence-corrected chi connectivity index (χ3v) is 10.7. The molecule has 0 saturated heterocycles. The zero-order chi connectivity index (χ0) is 30.2. The van der Waals surface area contributed by atoms with Gasteiger partial charge in [-0.05, 0) is 74.8 Å². The highest BCUT2D eigenvalue weighted by Crippen LogP contribution is 2.67. The summed E-state index contributed by atoms with van der Waals surface area (Å²) in [6, 6.07) is 4.58. The summed E-state index contributed by atoms with van der Waals surface area (Å²) in [6.45, 7) is 6.55. The molecule has 3 saturated carbocycles. The Morgan fingerprint density at radius 3 is 2.43 bits per heavy atom. The van der Waals surface area contributed by atoms with Crippen molar-refractivity contribution in [1.29, 1.82) is 0 Å². The largest absolute Gasteiger partial charge is 0.481 e. The number of carbonyl (C=O) groups excluding carboxylic acids is 1. The van der Waals surface area contributed by atoms with E-state index < -0.39 is 40.8 Å². The normalized spacial score (nSPS) is 28.5. The molecule has 8 nitrogen and oxygen atoms in total. The second-order valence-electron chi connectivity index (χ2n) is 13.1. The van der Waals surface area contributed by atoms with E-state index in [-0.39, 0.29) is 43.7 Å². The molecule has 12 heteroatoms. The number of aromatic nitrogens is 4. The first-order valence-electron chi connectivity index (χ1n) is 14.5. The van der Waals surface area contributed by atoms with Gasteiger partial charge in [-0.2, -0.15) is 18.3 Å². The van der Waals surface area contributed by atoms with Crippen molar-refractivity contribution in [1.82, 2.24) is 24.2 Å². The van der Waals surface area contributed by atoms with Gasteiger partial charge in [-0.15, -0.1) is 0 Å². The lowest BCUT2D eigenvalue weighted by Gasteiger charge is -2.35. The third-order valence-electron chi connectivity index (χ3n) is 10.4. The molecule has 226 valence electrons. The quantitative estimate of drug-likeness (QED) is 0.324. The van der Waals surface area contributed by atoms with Gasteiger partial charge in [-0.3, -0.25) is 14.3 Å². The van der Waals surface area contributed by atoms with Crippen LogP contribution in [0, 0.1) is 22.7 Å². The second kappa shape index (κ2) is 9.99. The molecule has 3 fully saturated rings. The number of carboxylic acids is 1. The van der Waals surface area contributed by atoms with Crippen LogP contribution in [-0.2, 0) is 17.5 Å². The Hall–Kier alpha value is -3.08. The molecule has 0 radical (unpaired) electrons. The van der Waals surface area contributed by atoms with Crippen molar-refractivity contribution in [2.75, 3.05) is 6.54 Å². The highest BCUT2D eigenvalue weighted by Gasteiger charge is 2.63. The summed E-state index contributed by atoms with van der Waals surface area (Å²) >= 11 is 6.43. The van der Waals surface area contributed by atoms with Gasteiger partial charge in [0.25, 0.3) is 5.91 Å². The molecule has 3 atom stereocenters. The number of carbonyl (C=O) groups is 2. The monoisotopic (exact) mass is 605 g/mol. The highest BCUT2D eigenvalue weighted by atomic mass is 35.5. The number of aliphatic carboxylic acids is 1. The van der Waals surface area contributed by atoms with Crippen molar-refractivity contribution < 1.29 is 27.9 Å². The molecule has 6 rings (SSSR count). The van der Waals surface area contributed by atoms with Gasteiger partial charge < -0.3 is 14.6 Å². The van der Waals surface area contributed by atoms with Gasteiger partial charge in [-0.25, -0.2) is 4.98 Å². The van der Waals surface area contributed by atoms with E-state index in [4.69, 9.17) is 11.6 Å². The minimum absolute atomic E-state index is 0.179. The van der Waals surface area contributed by atoms with E-state index in [0.29, 0.717) is 28.9 Å². The molecule has 0 spiro atoms. The molecule has 0 aliphatic heterocycles. The van der Waals surface area contributed by atoms with E-state index in [0.717, 1.165) is 29.2 Å². The summed E-state index contributed by atoms with van der Waals surface area (Å²) in [5, 5.41) is 14.2. The second-order valence-corrected chi connectivity index (χ2v) is 13.6. The van der Waals surface area contributed by atoms with Crippen molar-refractivity contribution in [3.8, 4) is 0 Å². The number of nitrogens with zero attached hydrogens (tertiary/aromatic N) is 5. The Morgan fingerprint density at radius 2 is 1.81 bits per heavy atom. The van der Waals surface area contributed by atoms with Gasteiger partial charge in [0.1, 0.15) is 0 Å². The minimum atomic E-state index is -4.81. The predicted octanol–water partition coefficient (Wildman–Crippen LogP) is 6.69. The maximum atomic E-state index is 14.6. The van der Waals surface area contributed by atoms with Gasteiger partial charge in [0.05, 0.1) is 45.6 Å². The molecule has 0 bridgehead atoms. The average Bonchev–Trinajstić information content (AvgIpc) is 3.48. The van der Waals surface area contributed by atoms with Gasteiger partial charge in [-0.1, -0.05) is 31.5 Å². The van der Waals surface area contributed by atoms with E-state index in [1.165, 1.54) is 0 Å². The average molecular weight is 606 g/mol. The Balaban J connectivity index is 1.30. The topological polar surface area (TPSA) is 93.2 Å². The SMILES string of the molecule is CC1(C(=O)O)CCC(n2ncc(C(=O)N(CCn3cnc4cccc(Cl)c43)C3C[C@@H]4[C@H](C3)C4(C)C)c2C(F)(F)F)CC1. The first kappa shape index (κ1) is 29.0.